The molecular formula is C18H25F4NO3. The molecule has 0 saturated carbocycles. The van der Waals surface area contributed by atoms with Crippen molar-refractivity contribution in [2.24, 2.45) is 5.41 Å². The van der Waals surface area contributed by atoms with E-state index in [9.17, 15) is 27.5 Å². The van der Waals surface area contributed by atoms with Crippen LogP contribution in [0, 0.1) is 5.41 Å². The summed E-state index contributed by atoms with van der Waals surface area (Å²) in [6.45, 7) is 2.29. The Labute approximate surface area is 150 Å². The summed E-state index contributed by atoms with van der Waals surface area (Å²) in [6.07, 6.45) is -4.20. The predicted octanol–water partition coefficient (Wildman–Crippen LogP) is 4.29. The lowest BCUT2D eigenvalue weighted by atomic mass is 9.87. The van der Waals surface area contributed by atoms with Gasteiger partial charge in [-0.1, -0.05) is 32.9 Å². The van der Waals surface area contributed by atoms with Crippen LogP contribution in [0.25, 0.3) is 0 Å². The van der Waals surface area contributed by atoms with Crippen molar-refractivity contribution in [1.82, 2.24) is 5.32 Å². The van der Waals surface area contributed by atoms with Crippen molar-refractivity contribution in [3.63, 3.8) is 0 Å². The number of amides is 1. The molecule has 0 unspecified atom stereocenters. The lowest BCUT2D eigenvalue weighted by molar-refractivity contribution is -0.125. The molecule has 0 bridgehead atoms. The molecule has 2 N–H and O–H groups in total. The maximum Gasteiger partial charge on any atom is 0.387 e. The second kappa shape index (κ2) is 9.75. The third kappa shape index (κ3) is 8.03. The Balaban J connectivity index is 2.89. The number of alkyl halides is 4. The van der Waals surface area contributed by atoms with Crippen LogP contribution in [0.15, 0.2) is 24.3 Å². The third-order valence-electron chi connectivity index (χ3n) is 3.87. The van der Waals surface area contributed by atoms with E-state index in [0.717, 1.165) is 0 Å². The van der Waals surface area contributed by atoms with Crippen molar-refractivity contribution in [2.45, 2.75) is 65.2 Å². The molecule has 0 heterocycles. The van der Waals surface area contributed by atoms with Gasteiger partial charge in [-0.15, -0.1) is 0 Å². The first kappa shape index (κ1) is 22.2. The number of ether oxygens (including phenoxy) is 1. The van der Waals surface area contributed by atoms with Gasteiger partial charge in [-0.05, 0) is 29.5 Å². The number of carbonyl (C=O) groups excluding carboxylic acids is 1. The van der Waals surface area contributed by atoms with Crippen molar-refractivity contribution < 1.29 is 32.2 Å². The first-order valence-corrected chi connectivity index (χ1v) is 8.29. The van der Waals surface area contributed by atoms with E-state index in [2.05, 4.69) is 10.1 Å². The molecule has 1 amide bonds. The highest BCUT2D eigenvalue weighted by atomic mass is 19.3. The highest BCUT2D eigenvalue weighted by Gasteiger charge is 2.26. The van der Waals surface area contributed by atoms with Gasteiger partial charge in [0.2, 0.25) is 12.3 Å². The Morgan fingerprint density at radius 1 is 1.19 bits per heavy atom. The van der Waals surface area contributed by atoms with Crippen molar-refractivity contribution >= 4 is 5.91 Å². The van der Waals surface area contributed by atoms with Crippen LogP contribution in [0.2, 0.25) is 0 Å². The zero-order valence-corrected chi connectivity index (χ0v) is 15.0. The first-order valence-electron chi connectivity index (χ1n) is 8.29. The van der Waals surface area contributed by atoms with Crippen LogP contribution in [0.1, 0.15) is 51.6 Å². The van der Waals surface area contributed by atoms with Gasteiger partial charge >= 0.3 is 6.61 Å². The maximum absolute atomic E-state index is 12.6. The Morgan fingerprint density at radius 3 is 2.38 bits per heavy atom. The lowest BCUT2D eigenvalue weighted by Gasteiger charge is -2.26. The molecule has 0 aliphatic heterocycles. The average molecular weight is 379 g/mol. The molecule has 26 heavy (non-hydrogen) atoms. The number of halogens is 4. The molecule has 148 valence electrons. The minimum absolute atomic E-state index is 0.0762. The quantitative estimate of drug-likeness (QED) is 0.630. The zero-order valence-electron chi connectivity index (χ0n) is 15.0. The molecule has 0 saturated heterocycles. The van der Waals surface area contributed by atoms with E-state index in [1.807, 2.05) is 0 Å². The number of benzene rings is 1. The Morgan fingerprint density at radius 2 is 1.85 bits per heavy atom. The van der Waals surface area contributed by atoms with Crippen LogP contribution in [0.5, 0.6) is 5.75 Å². The maximum atomic E-state index is 12.6. The third-order valence-corrected chi connectivity index (χ3v) is 3.87. The van der Waals surface area contributed by atoms with Gasteiger partial charge in [0.1, 0.15) is 5.75 Å². The van der Waals surface area contributed by atoms with Gasteiger partial charge in [0, 0.05) is 6.42 Å². The summed E-state index contributed by atoms with van der Waals surface area (Å²) in [4.78, 5) is 12.2. The number of nitrogens with one attached hydrogen (secondary N) is 1. The van der Waals surface area contributed by atoms with Crippen LogP contribution in [0.3, 0.4) is 0 Å². The smallest absolute Gasteiger partial charge is 0.387 e. The number of hydrogen-bond donors (Lipinski definition) is 2. The van der Waals surface area contributed by atoms with Gasteiger partial charge in [0.05, 0.1) is 18.6 Å². The van der Waals surface area contributed by atoms with Crippen molar-refractivity contribution in [3.05, 3.63) is 29.8 Å². The van der Waals surface area contributed by atoms with Crippen LogP contribution in [-0.4, -0.2) is 30.2 Å². The lowest BCUT2D eigenvalue weighted by Crippen LogP contribution is -2.36. The van der Waals surface area contributed by atoms with Crippen molar-refractivity contribution in [1.29, 1.82) is 0 Å². The molecule has 1 rings (SSSR count). The number of aliphatic hydroxyl groups excluding tert-OH is 1. The number of carbonyl (C=O) groups is 1. The van der Waals surface area contributed by atoms with Gasteiger partial charge in [-0.3, -0.25) is 4.79 Å². The summed E-state index contributed by atoms with van der Waals surface area (Å²) in [5.41, 5.74) is -0.136. The van der Waals surface area contributed by atoms with E-state index in [4.69, 9.17) is 0 Å². The normalized spacial score (nSPS) is 14.4. The van der Waals surface area contributed by atoms with E-state index in [-0.39, 0.29) is 18.6 Å². The summed E-state index contributed by atoms with van der Waals surface area (Å²) in [5, 5.41) is 12.6. The molecule has 0 fully saturated rings. The highest BCUT2D eigenvalue weighted by molar-refractivity contribution is 5.77. The zero-order chi connectivity index (χ0) is 19.9. The van der Waals surface area contributed by atoms with Crippen LogP contribution >= 0.6 is 0 Å². The summed E-state index contributed by atoms with van der Waals surface area (Å²) in [7, 11) is 0. The second-order valence-corrected chi connectivity index (χ2v) is 7.13. The molecule has 0 aromatic heterocycles. The summed E-state index contributed by atoms with van der Waals surface area (Å²) < 4.78 is 54.2. The Bertz CT molecular complexity index is 576. The predicted molar refractivity (Wildman–Crippen MR) is 89.3 cm³/mol. The monoisotopic (exact) mass is 379 g/mol. The second-order valence-electron chi connectivity index (χ2n) is 7.13. The van der Waals surface area contributed by atoms with Gasteiger partial charge < -0.3 is 15.2 Å². The fourth-order valence-corrected chi connectivity index (χ4v) is 2.26. The molecular weight excluding hydrogens is 354 g/mol. The van der Waals surface area contributed by atoms with Gasteiger partial charge in [-0.25, -0.2) is 8.78 Å². The average Bonchev–Trinajstić information content (AvgIpc) is 2.49. The van der Waals surface area contributed by atoms with E-state index >= 15 is 0 Å². The van der Waals surface area contributed by atoms with Crippen LogP contribution in [0.4, 0.5) is 17.6 Å². The number of aliphatic hydroxyl groups is 1. The fourth-order valence-electron chi connectivity index (χ4n) is 2.26. The van der Waals surface area contributed by atoms with Gasteiger partial charge in [0.15, 0.2) is 0 Å². The largest absolute Gasteiger partial charge is 0.435 e. The number of rotatable bonds is 9. The Kier molecular flexibility index (Phi) is 8.33. The molecule has 1 aromatic carbocycles. The standard InChI is InChI=1S/C18H25F4NO3/c1-18(2,3)14(24)10-16(25)23-13(7-8-15(19)20)11-5-4-6-12(9-11)26-17(21)22/h4-6,9,13-15,17,24H,7-8,10H2,1-3H3,(H,23,25)/t13-,14-/m0/s1. The number of hydrogen-bond acceptors (Lipinski definition) is 3. The molecule has 8 heteroatoms. The molecule has 0 spiro atoms. The van der Waals surface area contributed by atoms with Gasteiger partial charge in [0.25, 0.3) is 0 Å². The van der Waals surface area contributed by atoms with E-state index < -0.39 is 42.9 Å². The summed E-state index contributed by atoms with van der Waals surface area (Å²) >= 11 is 0. The first-order chi connectivity index (χ1) is 12.0. The minimum atomic E-state index is -3.01. The molecule has 1 aromatic rings. The SMILES string of the molecule is CC(C)(C)[C@@H](O)CC(=O)N[C@@H](CCC(F)F)c1cccc(OC(F)F)c1. The van der Waals surface area contributed by atoms with E-state index in [1.54, 1.807) is 20.8 Å². The highest BCUT2D eigenvalue weighted by Crippen LogP contribution is 2.26. The minimum Gasteiger partial charge on any atom is -0.435 e. The molecule has 0 aliphatic carbocycles. The van der Waals surface area contributed by atoms with Crippen LogP contribution in [-0.2, 0) is 4.79 Å². The summed E-state index contributed by atoms with van der Waals surface area (Å²) in [5.74, 6) is -0.629. The molecule has 2 atom stereocenters. The van der Waals surface area contributed by atoms with E-state index in [0.29, 0.717) is 5.56 Å². The topological polar surface area (TPSA) is 58.6 Å². The fraction of sp³-hybridized carbons (Fsp3) is 0.611. The molecule has 0 radical (unpaired) electrons. The van der Waals surface area contributed by atoms with Gasteiger partial charge in [-0.2, -0.15) is 8.78 Å². The van der Waals surface area contributed by atoms with E-state index in [1.165, 1.54) is 24.3 Å². The van der Waals surface area contributed by atoms with Crippen molar-refractivity contribution in [2.75, 3.05) is 0 Å². The van der Waals surface area contributed by atoms with Crippen LogP contribution < -0.4 is 10.1 Å². The summed E-state index contributed by atoms with van der Waals surface area (Å²) in [6, 6.07) is 4.77. The molecule has 4 nitrogen and oxygen atoms in total. The van der Waals surface area contributed by atoms with Crippen molar-refractivity contribution in [3.8, 4) is 5.75 Å². The molecule has 0 aliphatic rings. The Hall–Kier alpha value is -1.83.